The van der Waals surface area contributed by atoms with E-state index in [0.29, 0.717) is 24.9 Å². The van der Waals surface area contributed by atoms with Gasteiger partial charge in [-0.2, -0.15) is 0 Å². The normalized spacial score (nSPS) is 25.9. The Morgan fingerprint density at radius 2 is 1.90 bits per heavy atom. The molecule has 3 nitrogen and oxygen atoms in total. The zero-order valence-corrected chi connectivity index (χ0v) is 13.7. The highest BCUT2D eigenvalue weighted by Crippen LogP contribution is 2.39. The van der Waals surface area contributed by atoms with Crippen LogP contribution in [-0.4, -0.2) is 29.9 Å². The van der Waals surface area contributed by atoms with Crippen LogP contribution in [0.5, 0.6) is 0 Å². The zero-order valence-electron chi connectivity index (χ0n) is 12.9. The fraction of sp³-hybridized carbons (Fsp3) is 0.938. The zero-order chi connectivity index (χ0) is 13.7. The lowest BCUT2D eigenvalue weighted by molar-refractivity contribution is -0.138. The number of nitrogens with zero attached hydrogens (tertiary/aromatic N) is 1. The SMILES string of the molecule is CCC1CCCCN1C(=O)CC1(CN)CCCCC1.Cl. The summed E-state index contributed by atoms with van der Waals surface area (Å²) in [4.78, 5) is 14.8. The number of hydrogen-bond acceptors (Lipinski definition) is 2. The van der Waals surface area contributed by atoms with Crippen LogP contribution in [0.25, 0.3) is 0 Å². The van der Waals surface area contributed by atoms with E-state index >= 15 is 0 Å². The van der Waals surface area contributed by atoms with Gasteiger partial charge in [0, 0.05) is 19.0 Å². The Hall–Kier alpha value is -0.280. The quantitative estimate of drug-likeness (QED) is 0.864. The molecule has 1 heterocycles. The van der Waals surface area contributed by atoms with Crippen LogP contribution >= 0.6 is 12.4 Å². The number of piperidine rings is 1. The van der Waals surface area contributed by atoms with Crippen LogP contribution in [0.4, 0.5) is 0 Å². The summed E-state index contributed by atoms with van der Waals surface area (Å²) in [5.41, 5.74) is 6.13. The molecule has 20 heavy (non-hydrogen) atoms. The number of carbonyl (C=O) groups excluding carboxylic acids is 1. The number of carbonyl (C=O) groups is 1. The number of rotatable bonds is 4. The second-order valence-electron chi connectivity index (χ2n) is 6.59. The van der Waals surface area contributed by atoms with Crippen molar-refractivity contribution in [3.05, 3.63) is 0 Å². The lowest BCUT2D eigenvalue weighted by atomic mass is 9.71. The van der Waals surface area contributed by atoms with Crippen molar-refractivity contribution in [2.24, 2.45) is 11.1 Å². The first-order valence-electron chi connectivity index (χ1n) is 8.20. The minimum atomic E-state index is 0. The van der Waals surface area contributed by atoms with Crippen molar-refractivity contribution in [2.45, 2.75) is 77.2 Å². The number of nitrogens with two attached hydrogens (primary N) is 1. The smallest absolute Gasteiger partial charge is 0.223 e. The summed E-state index contributed by atoms with van der Waals surface area (Å²) in [5.74, 6) is 0.374. The molecule has 2 N–H and O–H groups in total. The Morgan fingerprint density at radius 3 is 2.50 bits per heavy atom. The van der Waals surface area contributed by atoms with Crippen molar-refractivity contribution in [1.29, 1.82) is 0 Å². The topological polar surface area (TPSA) is 46.3 Å². The van der Waals surface area contributed by atoms with Gasteiger partial charge in [0.25, 0.3) is 0 Å². The summed E-state index contributed by atoms with van der Waals surface area (Å²) in [5, 5.41) is 0. The molecule has 4 heteroatoms. The second kappa shape index (κ2) is 8.23. The molecule has 0 aromatic heterocycles. The van der Waals surface area contributed by atoms with Crippen LogP contribution in [0.15, 0.2) is 0 Å². The summed E-state index contributed by atoms with van der Waals surface area (Å²) in [6.45, 7) is 3.86. The lowest BCUT2D eigenvalue weighted by Gasteiger charge is -2.40. The van der Waals surface area contributed by atoms with Crippen LogP contribution < -0.4 is 5.73 Å². The average Bonchev–Trinajstić information content (AvgIpc) is 2.48. The fourth-order valence-corrected chi connectivity index (χ4v) is 3.93. The summed E-state index contributed by atoms with van der Waals surface area (Å²) in [7, 11) is 0. The van der Waals surface area contributed by atoms with E-state index in [2.05, 4.69) is 11.8 Å². The van der Waals surface area contributed by atoms with Gasteiger partial charge in [0.2, 0.25) is 5.91 Å². The van der Waals surface area contributed by atoms with E-state index in [1.54, 1.807) is 0 Å². The van der Waals surface area contributed by atoms with Crippen LogP contribution in [0, 0.1) is 5.41 Å². The molecule has 1 amide bonds. The molecule has 0 spiro atoms. The van der Waals surface area contributed by atoms with Crippen molar-refractivity contribution in [3.8, 4) is 0 Å². The van der Waals surface area contributed by atoms with E-state index in [4.69, 9.17) is 5.73 Å². The summed E-state index contributed by atoms with van der Waals surface area (Å²) in [6, 6.07) is 0.486. The molecule has 1 saturated heterocycles. The molecule has 2 aliphatic rings. The summed E-state index contributed by atoms with van der Waals surface area (Å²) < 4.78 is 0. The number of likely N-dealkylation sites (tertiary alicyclic amines) is 1. The first-order chi connectivity index (χ1) is 9.21. The monoisotopic (exact) mass is 302 g/mol. The first kappa shape index (κ1) is 17.8. The van der Waals surface area contributed by atoms with E-state index in [1.807, 2.05) is 0 Å². The van der Waals surface area contributed by atoms with Gasteiger partial charge in [0.1, 0.15) is 0 Å². The van der Waals surface area contributed by atoms with Gasteiger partial charge >= 0.3 is 0 Å². The van der Waals surface area contributed by atoms with Gasteiger partial charge in [-0.1, -0.05) is 26.2 Å². The van der Waals surface area contributed by atoms with Crippen LogP contribution in [0.3, 0.4) is 0 Å². The van der Waals surface area contributed by atoms with Crippen molar-refractivity contribution >= 4 is 18.3 Å². The van der Waals surface area contributed by atoms with Gasteiger partial charge in [0.15, 0.2) is 0 Å². The third kappa shape index (κ3) is 4.11. The Balaban J connectivity index is 0.00000200. The van der Waals surface area contributed by atoms with E-state index < -0.39 is 0 Å². The van der Waals surface area contributed by atoms with Gasteiger partial charge < -0.3 is 10.6 Å². The second-order valence-corrected chi connectivity index (χ2v) is 6.59. The van der Waals surface area contributed by atoms with Gasteiger partial charge in [-0.3, -0.25) is 4.79 Å². The first-order valence-corrected chi connectivity index (χ1v) is 8.20. The number of hydrogen-bond donors (Lipinski definition) is 1. The highest BCUT2D eigenvalue weighted by atomic mass is 35.5. The Bertz CT molecular complexity index is 303. The molecule has 0 aromatic rings. The molecule has 1 aliphatic heterocycles. The molecular formula is C16H31ClN2O. The van der Waals surface area contributed by atoms with Crippen molar-refractivity contribution < 1.29 is 4.79 Å². The highest BCUT2D eigenvalue weighted by molar-refractivity contribution is 5.85. The molecular weight excluding hydrogens is 272 g/mol. The molecule has 0 aromatic carbocycles. The molecule has 2 fully saturated rings. The molecule has 2 rings (SSSR count). The Labute approximate surface area is 130 Å². The number of amides is 1. The maximum atomic E-state index is 12.7. The van der Waals surface area contributed by atoms with Gasteiger partial charge in [-0.25, -0.2) is 0 Å². The molecule has 1 atom stereocenters. The molecule has 1 saturated carbocycles. The van der Waals surface area contributed by atoms with Crippen LogP contribution in [0.1, 0.15) is 71.1 Å². The molecule has 0 bridgehead atoms. The average molecular weight is 303 g/mol. The maximum Gasteiger partial charge on any atom is 0.223 e. The molecule has 118 valence electrons. The minimum Gasteiger partial charge on any atom is -0.340 e. The fourth-order valence-electron chi connectivity index (χ4n) is 3.93. The van der Waals surface area contributed by atoms with E-state index in [1.165, 1.54) is 38.5 Å². The molecule has 1 aliphatic carbocycles. The van der Waals surface area contributed by atoms with E-state index in [9.17, 15) is 4.79 Å². The predicted octanol–water partition coefficient (Wildman–Crippen LogP) is 3.50. The van der Waals surface area contributed by atoms with Crippen molar-refractivity contribution in [1.82, 2.24) is 4.90 Å². The van der Waals surface area contributed by atoms with Crippen LogP contribution in [-0.2, 0) is 4.79 Å². The summed E-state index contributed by atoms with van der Waals surface area (Å²) >= 11 is 0. The lowest BCUT2D eigenvalue weighted by Crippen LogP contribution is -2.46. The molecule has 1 unspecified atom stereocenters. The standard InChI is InChI=1S/C16H30N2O.ClH/c1-2-14-8-4-7-11-18(14)15(19)12-16(13-17)9-5-3-6-10-16;/h14H,2-13,17H2,1H3;1H. The largest absolute Gasteiger partial charge is 0.340 e. The van der Waals surface area contributed by atoms with Crippen molar-refractivity contribution in [2.75, 3.05) is 13.1 Å². The number of halogens is 1. The minimum absolute atomic E-state index is 0. The highest BCUT2D eigenvalue weighted by Gasteiger charge is 2.36. The summed E-state index contributed by atoms with van der Waals surface area (Å²) in [6.07, 6.45) is 11.6. The van der Waals surface area contributed by atoms with E-state index in [-0.39, 0.29) is 17.8 Å². The van der Waals surface area contributed by atoms with Gasteiger partial charge in [0.05, 0.1) is 0 Å². The Kier molecular flexibility index (Phi) is 7.32. The van der Waals surface area contributed by atoms with Crippen LogP contribution in [0.2, 0.25) is 0 Å². The van der Waals surface area contributed by atoms with E-state index in [0.717, 1.165) is 25.8 Å². The van der Waals surface area contributed by atoms with Gasteiger partial charge in [-0.15, -0.1) is 12.4 Å². The van der Waals surface area contributed by atoms with Crippen molar-refractivity contribution in [3.63, 3.8) is 0 Å². The molecule has 0 radical (unpaired) electrons. The Morgan fingerprint density at radius 1 is 1.20 bits per heavy atom. The maximum absolute atomic E-state index is 12.7. The third-order valence-electron chi connectivity index (χ3n) is 5.29. The predicted molar refractivity (Wildman–Crippen MR) is 86.1 cm³/mol. The van der Waals surface area contributed by atoms with Gasteiger partial charge in [-0.05, 0) is 50.5 Å². The third-order valence-corrected chi connectivity index (χ3v) is 5.29.